The molecular weight excluding hydrogens is 292 g/mol. The Morgan fingerprint density at radius 2 is 2.05 bits per heavy atom. The van der Waals surface area contributed by atoms with Crippen LogP contribution in [0.4, 0.5) is 0 Å². The van der Waals surface area contributed by atoms with Gasteiger partial charge in [0, 0.05) is 19.9 Å². The van der Waals surface area contributed by atoms with Crippen LogP contribution in [0.3, 0.4) is 0 Å². The topological polar surface area (TPSA) is 98.5 Å². The van der Waals surface area contributed by atoms with Gasteiger partial charge in [-0.05, 0) is 17.5 Å². The quantitative estimate of drug-likeness (QED) is 0.715. The van der Waals surface area contributed by atoms with Crippen molar-refractivity contribution in [3.63, 3.8) is 0 Å². The molecule has 0 aliphatic carbocycles. The molecular formula is C14H22N2O4S. The number of nitrogens with one attached hydrogen (secondary N) is 1. The van der Waals surface area contributed by atoms with Crippen molar-refractivity contribution in [3.8, 4) is 0 Å². The number of hydrogen-bond acceptors (Lipinski definition) is 5. The maximum atomic E-state index is 11.8. The zero-order chi connectivity index (χ0) is 15.9. The van der Waals surface area contributed by atoms with Gasteiger partial charge >= 0.3 is 0 Å². The predicted molar refractivity (Wildman–Crippen MR) is 81.3 cm³/mol. The normalized spacial score (nSPS) is 12.9. The zero-order valence-electron chi connectivity index (χ0n) is 12.3. The van der Waals surface area contributed by atoms with Crippen molar-refractivity contribution in [2.24, 2.45) is 5.73 Å². The first kappa shape index (κ1) is 17.6. The third kappa shape index (κ3) is 7.22. The van der Waals surface area contributed by atoms with Crippen LogP contribution in [-0.2, 0) is 32.5 Å². The number of benzene rings is 1. The minimum absolute atomic E-state index is 0.0924. The van der Waals surface area contributed by atoms with E-state index in [-0.39, 0.29) is 18.1 Å². The summed E-state index contributed by atoms with van der Waals surface area (Å²) in [6.45, 7) is 0.860. The Kier molecular flexibility index (Phi) is 6.80. The van der Waals surface area contributed by atoms with Crippen LogP contribution in [0.5, 0.6) is 0 Å². The summed E-state index contributed by atoms with van der Waals surface area (Å²) in [6.07, 6.45) is 1.24. The highest BCUT2D eigenvalue weighted by molar-refractivity contribution is 7.90. The van der Waals surface area contributed by atoms with Gasteiger partial charge in [-0.1, -0.05) is 24.3 Å². The van der Waals surface area contributed by atoms with Crippen LogP contribution in [0.15, 0.2) is 24.3 Å². The molecule has 7 heteroatoms. The second-order valence-electron chi connectivity index (χ2n) is 5.00. The molecule has 1 unspecified atom stereocenters. The molecule has 0 bridgehead atoms. The van der Waals surface area contributed by atoms with Crippen molar-refractivity contribution >= 4 is 15.7 Å². The lowest BCUT2D eigenvalue weighted by Crippen LogP contribution is -2.41. The Labute approximate surface area is 125 Å². The number of amides is 1. The number of carbonyl (C=O) groups excluding carboxylic acids is 1. The Balaban J connectivity index is 2.46. The van der Waals surface area contributed by atoms with Crippen molar-refractivity contribution in [3.05, 3.63) is 35.4 Å². The smallest absolute Gasteiger partial charge is 0.237 e. The van der Waals surface area contributed by atoms with Crippen molar-refractivity contribution in [1.82, 2.24) is 5.32 Å². The molecule has 1 atom stereocenters. The van der Waals surface area contributed by atoms with Crippen LogP contribution in [0, 0.1) is 0 Å². The minimum atomic E-state index is -3.11. The van der Waals surface area contributed by atoms with Crippen LogP contribution in [0.1, 0.15) is 17.5 Å². The van der Waals surface area contributed by atoms with Gasteiger partial charge in [0.1, 0.15) is 9.84 Å². The highest BCUT2D eigenvalue weighted by atomic mass is 32.2. The Morgan fingerprint density at radius 1 is 1.38 bits per heavy atom. The lowest BCUT2D eigenvalue weighted by Gasteiger charge is -2.12. The number of rotatable bonds is 8. The molecule has 0 spiro atoms. The fraction of sp³-hybridized carbons (Fsp3) is 0.500. The number of hydrogen-bond donors (Lipinski definition) is 2. The molecule has 0 heterocycles. The van der Waals surface area contributed by atoms with E-state index < -0.39 is 15.9 Å². The van der Waals surface area contributed by atoms with Crippen molar-refractivity contribution in [1.29, 1.82) is 0 Å². The van der Waals surface area contributed by atoms with Crippen LogP contribution >= 0.6 is 0 Å². The van der Waals surface area contributed by atoms with Crippen LogP contribution in [0.2, 0.25) is 0 Å². The number of nitrogens with two attached hydrogens (primary N) is 1. The van der Waals surface area contributed by atoms with E-state index in [0.29, 0.717) is 13.2 Å². The Bertz CT molecular complexity index is 572. The van der Waals surface area contributed by atoms with Crippen LogP contribution < -0.4 is 11.1 Å². The van der Waals surface area contributed by atoms with E-state index in [9.17, 15) is 13.2 Å². The minimum Gasteiger partial charge on any atom is -0.380 e. The first-order valence-corrected chi connectivity index (χ1v) is 8.65. The molecule has 1 aromatic rings. The molecule has 0 saturated carbocycles. The Hall–Kier alpha value is -1.44. The number of ether oxygens (including phenoxy) is 1. The third-order valence-corrected chi connectivity index (χ3v) is 3.88. The zero-order valence-corrected chi connectivity index (χ0v) is 13.2. The number of carbonyl (C=O) groups is 1. The summed E-state index contributed by atoms with van der Waals surface area (Å²) in [5, 5.41) is 2.70. The summed E-state index contributed by atoms with van der Waals surface area (Å²) in [4.78, 5) is 11.8. The lowest BCUT2D eigenvalue weighted by molar-refractivity contribution is -0.122. The molecule has 1 rings (SSSR count). The largest absolute Gasteiger partial charge is 0.380 e. The summed E-state index contributed by atoms with van der Waals surface area (Å²) in [6, 6.07) is 6.83. The molecule has 1 amide bonds. The predicted octanol–water partition coefficient (Wildman–Crippen LogP) is 0.211. The standard InChI is InChI=1S/C14H22N2O4S/c1-20-10-12-5-3-4-11(8-12)9-16-14(17)13(15)6-7-21(2,18)19/h3-5,8,13H,6-7,9-10,15H2,1-2H3,(H,16,17). The molecule has 0 aliphatic heterocycles. The summed E-state index contributed by atoms with van der Waals surface area (Å²) >= 11 is 0. The molecule has 6 nitrogen and oxygen atoms in total. The first-order valence-electron chi connectivity index (χ1n) is 6.59. The van der Waals surface area contributed by atoms with Gasteiger partial charge in [0.15, 0.2) is 0 Å². The maximum absolute atomic E-state index is 11.8. The van der Waals surface area contributed by atoms with Crippen LogP contribution in [-0.4, -0.2) is 39.5 Å². The summed E-state index contributed by atoms with van der Waals surface area (Å²) in [7, 11) is -1.49. The van der Waals surface area contributed by atoms with E-state index >= 15 is 0 Å². The van der Waals surface area contributed by atoms with Gasteiger partial charge in [0.05, 0.1) is 18.4 Å². The molecule has 3 N–H and O–H groups in total. The highest BCUT2D eigenvalue weighted by Crippen LogP contribution is 2.06. The number of sulfone groups is 1. The molecule has 1 aromatic carbocycles. The second kappa shape index (κ2) is 8.11. The van der Waals surface area contributed by atoms with E-state index in [0.717, 1.165) is 17.4 Å². The van der Waals surface area contributed by atoms with E-state index in [1.807, 2.05) is 24.3 Å². The van der Waals surface area contributed by atoms with Crippen molar-refractivity contribution in [2.75, 3.05) is 19.1 Å². The summed E-state index contributed by atoms with van der Waals surface area (Å²) < 4.78 is 27.1. The molecule has 0 radical (unpaired) electrons. The molecule has 0 aliphatic rings. The fourth-order valence-electron chi connectivity index (χ4n) is 1.79. The lowest BCUT2D eigenvalue weighted by atomic mass is 10.1. The molecule has 21 heavy (non-hydrogen) atoms. The molecule has 0 fully saturated rings. The second-order valence-corrected chi connectivity index (χ2v) is 7.26. The van der Waals surface area contributed by atoms with Crippen molar-refractivity contribution in [2.45, 2.75) is 25.6 Å². The number of methoxy groups -OCH3 is 1. The van der Waals surface area contributed by atoms with E-state index in [2.05, 4.69) is 5.32 Å². The van der Waals surface area contributed by atoms with Crippen LogP contribution in [0.25, 0.3) is 0 Å². The van der Waals surface area contributed by atoms with Gasteiger partial charge < -0.3 is 15.8 Å². The van der Waals surface area contributed by atoms with Crippen molar-refractivity contribution < 1.29 is 17.9 Å². The van der Waals surface area contributed by atoms with Gasteiger partial charge in [0.25, 0.3) is 0 Å². The molecule has 0 aromatic heterocycles. The summed E-state index contributed by atoms with van der Waals surface area (Å²) in [5.41, 5.74) is 7.63. The highest BCUT2D eigenvalue weighted by Gasteiger charge is 2.15. The van der Waals surface area contributed by atoms with E-state index in [4.69, 9.17) is 10.5 Å². The molecule has 118 valence electrons. The van der Waals surface area contributed by atoms with Gasteiger partial charge in [-0.25, -0.2) is 8.42 Å². The van der Waals surface area contributed by atoms with Gasteiger partial charge in [-0.2, -0.15) is 0 Å². The first-order chi connectivity index (χ1) is 9.81. The SMILES string of the molecule is COCc1cccc(CNC(=O)C(N)CCS(C)(=O)=O)c1. The average Bonchev–Trinajstić information content (AvgIpc) is 2.42. The van der Waals surface area contributed by atoms with Gasteiger partial charge in [-0.3, -0.25) is 4.79 Å². The monoisotopic (exact) mass is 314 g/mol. The summed E-state index contributed by atoms with van der Waals surface area (Å²) in [5.74, 6) is -0.443. The maximum Gasteiger partial charge on any atom is 0.237 e. The third-order valence-electron chi connectivity index (χ3n) is 2.91. The van der Waals surface area contributed by atoms with Gasteiger partial charge in [0.2, 0.25) is 5.91 Å². The fourth-order valence-corrected chi connectivity index (χ4v) is 2.47. The average molecular weight is 314 g/mol. The van der Waals surface area contributed by atoms with Gasteiger partial charge in [-0.15, -0.1) is 0 Å². The molecule has 0 saturated heterocycles. The van der Waals surface area contributed by atoms with E-state index in [1.165, 1.54) is 0 Å². The van der Waals surface area contributed by atoms with E-state index in [1.54, 1.807) is 7.11 Å². The Morgan fingerprint density at radius 3 is 2.67 bits per heavy atom.